The molecular formula is C17H15NO5S2. The number of imide groups is 1. The highest BCUT2D eigenvalue weighted by Crippen LogP contribution is 2.43. The molecule has 0 bridgehead atoms. The van der Waals surface area contributed by atoms with Crippen LogP contribution in [0.2, 0.25) is 0 Å². The van der Waals surface area contributed by atoms with Crippen molar-refractivity contribution in [3.8, 4) is 5.75 Å². The molecule has 2 amide bonds. The van der Waals surface area contributed by atoms with Gasteiger partial charge in [-0.3, -0.25) is 14.9 Å². The van der Waals surface area contributed by atoms with Crippen molar-refractivity contribution in [3.63, 3.8) is 0 Å². The second kappa shape index (κ2) is 6.53. The summed E-state index contributed by atoms with van der Waals surface area (Å²) in [4.78, 5) is 24.2. The summed E-state index contributed by atoms with van der Waals surface area (Å²) in [5.41, 5.74) is 0.650. The third kappa shape index (κ3) is 3.03. The van der Waals surface area contributed by atoms with Crippen molar-refractivity contribution >= 4 is 32.7 Å². The van der Waals surface area contributed by atoms with Gasteiger partial charge in [-0.05, 0) is 41.6 Å². The van der Waals surface area contributed by atoms with Gasteiger partial charge in [0.25, 0.3) is 11.1 Å². The van der Waals surface area contributed by atoms with Gasteiger partial charge in [0.1, 0.15) is 5.75 Å². The predicted octanol–water partition coefficient (Wildman–Crippen LogP) is 2.39. The number of nitrogens with one attached hydrogen (secondary N) is 1. The average molecular weight is 377 g/mol. The van der Waals surface area contributed by atoms with Crippen LogP contribution in [-0.2, 0) is 21.1 Å². The number of hydrogen-bond donors (Lipinski definition) is 1. The summed E-state index contributed by atoms with van der Waals surface area (Å²) in [6.45, 7) is 0. The van der Waals surface area contributed by atoms with Crippen molar-refractivity contribution < 1.29 is 22.7 Å². The van der Waals surface area contributed by atoms with Crippen molar-refractivity contribution in [1.29, 1.82) is 0 Å². The van der Waals surface area contributed by atoms with E-state index in [1.165, 1.54) is 31.4 Å². The molecule has 25 heavy (non-hydrogen) atoms. The predicted molar refractivity (Wildman–Crippen MR) is 94.2 cm³/mol. The molecule has 0 aliphatic carbocycles. The maximum absolute atomic E-state index is 13.2. The molecule has 0 radical (unpaired) electrons. The maximum Gasteiger partial charge on any atom is 0.287 e. The lowest BCUT2D eigenvalue weighted by Crippen LogP contribution is -2.45. The Morgan fingerprint density at radius 2 is 1.68 bits per heavy atom. The number of methoxy groups -OCH3 is 1. The SMILES string of the molecule is COc1ccc(S(=O)(=O)C2(Cc3ccccc3)SC(=O)NC2=O)cc1. The number of hydrogen-bond acceptors (Lipinski definition) is 6. The van der Waals surface area contributed by atoms with Crippen molar-refractivity contribution in [1.82, 2.24) is 5.32 Å². The van der Waals surface area contributed by atoms with Crippen LogP contribution in [0.5, 0.6) is 5.75 Å². The van der Waals surface area contributed by atoms with Crippen molar-refractivity contribution in [2.24, 2.45) is 0 Å². The molecule has 1 fully saturated rings. The molecule has 0 spiro atoms. The zero-order chi connectivity index (χ0) is 18.1. The molecule has 1 aliphatic rings. The first-order valence-electron chi connectivity index (χ1n) is 7.36. The van der Waals surface area contributed by atoms with E-state index in [0.29, 0.717) is 23.1 Å². The topological polar surface area (TPSA) is 89.5 Å². The summed E-state index contributed by atoms with van der Waals surface area (Å²) in [7, 11) is -2.66. The minimum atomic E-state index is -4.13. The van der Waals surface area contributed by atoms with Gasteiger partial charge in [0.15, 0.2) is 0 Å². The highest BCUT2D eigenvalue weighted by atomic mass is 32.3. The van der Waals surface area contributed by atoms with Crippen LogP contribution in [0.4, 0.5) is 4.79 Å². The number of benzene rings is 2. The molecule has 1 aliphatic heterocycles. The molecule has 2 aromatic carbocycles. The van der Waals surface area contributed by atoms with Crippen LogP contribution in [-0.4, -0.2) is 30.8 Å². The molecule has 8 heteroatoms. The molecule has 0 aromatic heterocycles. The molecule has 1 N–H and O–H groups in total. The van der Waals surface area contributed by atoms with E-state index in [9.17, 15) is 18.0 Å². The van der Waals surface area contributed by atoms with Gasteiger partial charge in [-0.1, -0.05) is 30.3 Å². The van der Waals surface area contributed by atoms with E-state index in [0.717, 1.165) is 0 Å². The average Bonchev–Trinajstić information content (AvgIpc) is 2.90. The van der Waals surface area contributed by atoms with Gasteiger partial charge in [0.05, 0.1) is 12.0 Å². The maximum atomic E-state index is 13.2. The molecule has 0 saturated carbocycles. The molecule has 1 heterocycles. The first-order chi connectivity index (χ1) is 11.9. The minimum Gasteiger partial charge on any atom is -0.497 e. The molecule has 2 aromatic rings. The number of amides is 2. The van der Waals surface area contributed by atoms with Gasteiger partial charge in [-0.2, -0.15) is 0 Å². The molecule has 6 nitrogen and oxygen atoms in total. The van der Waals surface area contributed by atoms with Crippen molar-refractivity contribution in [3.05, 3.63) is 60.2 Å². The van der Waals surface area contributed by atoms with E-state index < -0.39 is 25.1 Å². The summed E-state index contributed by atoms with van der Waals surface area (Å²) >= 11 is 0.509. The van der Waals surface area contributed by atoms with Crippen molar-refractivity contribution in [2.75, 3.05) is 7.11 Å². The lowest BCUT2D eigenvalue weighted by atomic mass is 10.1. The normalized spacial score (nSPS) is 20.4. The van der Waals surface area contributed by atoms with Gasteiger partial charge in [-0.25, -0.2) is 8.42 Å². The summed E-state index contributed by atoms with van der Waals surface area (Å²) in [5, 5.41) is 1.44. The third-order valence-corrected chi connectivity index (χ3v) is 7.85. The molecule has 1 unspecified atom stereocenters. The van der Waals surface area contributed by atoms with Gasteiger partial charge < -0.3 is 4.74 Å². The van der Waals surface area contributed by atoms with Crippen molar-refractivity contribution in [2.45, 2.75) is 15.4 Å². The van der Waals surface area contributed by atoms with E-state index in [1.807, 2.05) is 0 Å². The zero-order valence-electron chi connectivity index (χ0n) is 13.3. The molecule has 1 atom stereocenters. The lowest BCUT2D eigenvalue weighted by Gasteiger charge is -2.24. The minimum absolute atomic E-state index is 0.0402. The Morgan fingerprint density at radius 3 is 2.20 bits per heavy atom. The Labute approximate surface area is 149 Å². The third-order valence-electron chi connectivity index (χ3n) is 3.90. The van der Waals surface area contributed by atoms with Crippen LogP contribution in [0, 0.1) is 0 Å². The Kier molecular flexibility index (Phi) is 4.57. The Morgan fingerprint density at radius 1 is 1.04 bits per heavy atom. The molecule has 130 valence electrons. The summed E-state index contributed by atoms with van der Waals surface area (Å²) in [6, 6.07) is 14.5. The Hall–Kier alpha value is -2.32. The number of thioether (sulfide) groups is 1. The highest BCUT2D eigenvalue weighted by molar-refractivity contribution is 8.25. The van der Waals surface area contributed by atoms with Gasteiger partial charge >= 0.3 is 0 Å². The fourth-order valence-electron chi connectivity index (χ4n) is 2.61. The van der Waals surface area contributed by atoms with Crippen LogP contribution in [0.25, 0.3) is 0 Å². The number of carbonyl (C=O) groups excluding carboxylic acids is 2. The van der Waals surface area contributed by atoms with E-state index in [-0.39, 0.29) is 11.3 Å². The standard InChI is InChI=1S/C17H15NO5S2/c1-23-13-7-9-14(10-8-13)25(21,22)17(15(19)18-16(20)24-17)11-12-5-3-2-4-6-12/h2-10H,11H2,1H3,(H,18,19,20). The van der Waals surface area contributed by atoms with E-state index >= 15 is 0 Å². The fourth-order valence-corrected chi connectivity index (χ4v) is 5.91. The van der Waals surface area contributed by atoms with Gasteiger partial charge in [0.2, 0.25) is 13.9 Å². The van der Waals surface area contributed by atoms with Crippen LogP contribution < -0.4 is 10.1 Å². The first kappa shape index (κ1) is 17.5. The molecule has 1 saturated heterocycles. The lowest BCUT2D eigenvalue weighted by molar-refractivity contribution is -0.119. The Balaban J connectivity index is 2.10. The van der Waals surface area contributed by atoms with Crippen LogP contribution in [0.1, 0.15) is 5.56 Å². The highest BCUT2D eigenvalue weighted by Gasteiger charge is 2.58. The Bertz CT molecular complexity index is 910. The van der Waals surface area contributed by atoms with Gasteiger partial charge in [-0.15, -0.1) is 0 Å². The second-order valence-corrected chi connectivity index (χ2v) is 9.14. The number of ether oxygens (including phenoxy) is 1. The zero-order valence-corrected chi connectivity index (χ0v) is 14.9. The number of rotatable bonds is 5. The van der Waals surface area contributed by atoms with Crippen LogP contribution in [0.3, 0.4) is 0 Å². The number of carbonyl (C=O) groups is 2. The monoisotopic (exact) mass is 377 g/mol. The smallest absolute Gasteiger partial charge is 0.287 e. The van der Waals surface area contributed by atoms with Crippen LogP contribution >= 0.6 is 11.8 Å². The van der Waals surface area contributed by atoms with E-state index in [4.69, 9.17) is 4.74 Å². The second-order valence-electron chi connectivity index (χ2n) is 5.44. The number of sulfone groups is 1. The summed E-state index contributed by atoms with van der Waals surface area (Å²) < 4.78 is 29.6. The fraction of sp³-hybridized carbons (Fsp3) is 0.176. The van der Waals surface area contributed by atoms with Gasteiger partial charge in [0, 0.05) is 6.42 Å². The summed E-state index contributed by atoms with van der Waals surface area (Å²) in [6.07, 6.45) is -0.107. The van der Waals surface area contributed by atoms with E-state index in [2.05, 4.69) is 5.32 Å². The first-order valence-corrected chi connectivity index (χ1v) is 9.66. The largest absolute Gasteiger partial charge is 0.497 e. The summed E-state index contributed by atoms with van der Waals surface area (Å²) in [5.74, 6) is -0.321. The molecular weight excluding hydrogens is 362 g/mol. The quantitative estimate of drug-likeness (QED) is 0.861. The van der Waals surface area contributed by atoms with Crippen LogP contribution in [0.15, 0.2) is 59.5 Å². The van der Waals surface area contributed by atoms with E-state index in [1.54, 1.807) is 30.3 Å². The molecule has 3 rings (SSSR count).